The first-order chi connectivity index (χ1) is 15.0. The number of H-pyrrole nitrogens is 1. The second-order valence-corrected chi connectivity index (χ2v) is 6.74. The topological polar surface area (TPSA) is 137 Å². The standard InChI is InChI=1S/C23H19N5O3/c24-21(29)20(15-9-5-2-6-10-15)31-22(30)16-13-18(17-11-12-26-23(25)28-17)27-19(16)14-7-3-1-4-8-14/h1-13,20,27H,(H2,24,29)(H2,25,26,28). The summed E-state index contributed by atoms with van der Waals surface area (Å²) in [6.07, 6.45) is 0.308. The highest BCUT2D eigenvalue weighted by Gasteiger charge is 2.26. The Morgan fingerprint density at radius 2 is 1.65 bits per heavy atom. The normalized spacial score (nSPS) is 11.6. The quantitative estimate of drug-likeness (QED) is 0.415. The maximum absolute atomic E-state index is 13.1. The summed E-state index contributed by atoms with van der Waals surface area (Å²) >= 11 is 0. The molecule has 8 heteroatoms. The number of carbonyl (C=O) groups is 2. The molecule has 4 rings (SSSR count). The lowest BCUT2D eigenvalue weighted by Crippen LogP contribution is -2.26. The molecule has 0 radical (unpaired) electrons. The third-order valence-corrected chi connectivity index (χ3v) is 4.64. The largest absolute Gasteiger partial charge is 0.444 e. The van der Waals surface area contributed by atoms with Crippen LogP contribution in [0.15, 0.2) is 79.0 Å². The number of nitrogens with two attached hydrogens (primary N) is 2. The van der Waals surface area contributed by atoms with Crippen LogP contribution in [-0.4, -0.2) is 26.8 Å². The smallest absolute Gasteiger partial charge is 0.341 e. The van der Waals surface area contributed by atoms with Crippen molar-refractivity contribution in [1.82, 2.24) is 15.0 Å². The third kappa shape index (κ3) is 4.27. The van der Waals surface area contributed by atoms with Crippen molar-refractivity contribution in [3.05, 3.63) is 90.1 Å². The number of primary amides is 1. The first-order valence-corrected chi connectivity index (χ1v) is 9.45. The lowest BCUT2D eigenvalue weighted by molar-refractivity contribution is -0.127. The summed E-state index contributed by atoms with van der Waals surface area (Å²) in [4.78, 5) is 36.4. The van der Waals surface area contributed by atoms with E-state index < -0.39 is 18.0 Å². The Kier molecular flexibility index (Phi) is 5.44. The van der Waals surface area contributed by atoms with Gasteiger partial charge in [0, 0.05) is 11.8 Å². The fourth-order valence-corrected chi connectivity index (χ4v) is 3.20. The zero-order valence-electron chi connectivity index (χ0n) is 16.4. The van der Waals surface area contributed by atoms with Gasteiger partial charge in [0.1, 0.15) is 0 Å². The fourth-order valence-electron chi connectivity index (χ4n) is 3.20. The zero-order valence-corrected chi connectivity index (χ0v) is 16.4. The van der Waals surface area contributed by atoms with Crippen molar-refractivity contribution >= 4 is 17.8 Å². The van der Waals surface area contributed by atoms with E-state index in [0.29, 0.717) is 22.6 Å². The molecule has 1 atom stereocenters. The van der Waals surface area contributed by atoms with Gasteiger partial charge in [-0.2, -0.15) is 0 Å². The molecule has 8 nitrogen and oxygen atoms in total. The number of amides is 1. The van der Waals surface area contributed by atoms with Crippen molar-refractivity contribution in [3.63, 3.8) is 0 Å². The van der Waals surface area contributed by atoms with Gasteiger partial charge in [0.05, 0.1) is 22.6 Å². The van der Waals surface area contributed by atoms with E-state index in [1.165, 1.54) is 6.20 Å². The highest BCUT2D eigenvalue weighted by atomic mass is 16.5. The number of nitrogens with zero attached hydrogens (tertiary/aromatic N) is 2. The molecular formula is C23H19N5O3. The summed E-state index contributed by atoms with van der Waals surface area (Å²) in [6, 6.07) is 21.2. The number of nitrogens with one attached hydrogen (secondary N) is 1. The van der Waals surface area contributed by atoms with E-state index in [4.69, 9.17) is 16.2 Å². The third-order valence-electron chi connectivity index (χ3n) is 4.64. The zero-order chi connectivity index (χ0) is 21.8. The van der Waals surface area contributed by atoms with E-state index in [1.807, 2.05) is 30.3 Å². The predicted octanol–water partition coefficient (Wildman–Crippen LogP) is 3.10. The van der Waals surface area contributed by atoms with Gasteiger partial charge in [0.25, 0.3) is 5.91 Å². The molecule has 0 aliphatic carbocycles. The molecule has 0 bridgehead atoms. The molecule has 0 spiro atoms. The Balaban J connectivity index is 1.75. The summed E-state index contributed by atoms with van der Waals surface area (Å²) in [6.45, 7) is 0. The molecule has 0 saturated heterocycles. The van der Waals surface area contributed by atoms with Crippen LogP contribution < -0.4 is 11.5 Å². The van der Waals surface area contributed by atoms with Crippen LogP contribution in [0.4, 0.5) is 5.95 Å². The Labute approximate surface area is 177 Å². The SMILES string of the molecule is NC(=O)C(OC(=O)c1cc(-c2ccnc(N)n2)[nH]c1-c1ccccc1)c1ccccc1. The van der Waals surface area contributed by atoms with Crippen LogP contribution in [0.2, 0.25) is 0 Å². The summed E-state index contributed by atoms with van der Waals surface area (Å²) in [5.41, 5.74) is 14.3. The number of hydrogen-bond acceptors (Lipinski definition) is 6. The van der Waals surface area contributed by atoms with Gasteiger partial charge >= 0.3 is 5.97 Å². The van der Waals surface area contributed by atoms with Gasteiger partial charge < -0.3 is 21.2 Å². The molecule has 0 aliphatic rings. The van der Waals surface area contributed by atoms with Gasteiger partial charge in [0.15, 0.2) is 0 Å². The summed E-state index contributed by atoms with van der Waals surface area (Å²) in [7, 11) is 0. The highest BCUT2D eigenvalue weighted by molar-refractivity contribution is 5.99. The molecule has 0 aliphatic heterocycles. The monoisotopic (exact) mass is 413 g/mol. The number of esters is 1. The van der Waals surface area contributed by atoms with E-state index in [-0.39, 0.29) is 11.5 Å². The predicted molar refractivity (Wildman–Crippen MR) is 115 cm³/mol. The molecular weight excluding hydrogens is 394 g/mol. The minimum atomic E-state index is -1.22. The summed E-state index contributed by atoms with van der Waals surface area (Å²) in [5.74, 6) is -1.36. The van der Waals surface area contributed by atoms with Gasteiger partial charge in [-0.15, -0.1) is 0 Å². The number of hydrogen-bond donors (Lipinski definition) is 3. The van der Waals surface area contributed by atoms with Crippen LogP contribution in [-0.2, 0) is 9.53 Å². The molecule has 2 aromatic heterocycles. The van der Waals surface area contributed by atoms with Crippen molar-refractivity contribution in [1.29, 1.82) is 0 Å². The molecule has 0 fully saturated rings. The number of anilines is 1. The molecule has 4 aromatic rings. The van der Waals surface area contributed by atoms with Gasteiger partial charge in [-0.25, -0.2) is 14.8 Å². The Bertz CT molecular complexity index is 1220. The molecule has 154 valence electrons. The first-order valence-electron chi connectivity index (χ1n) is 9.45. The van der Waals surface area contributed by atoms with Crippen molar-refractivity contribution in [2.75, 3.05) is 5.73 Å². The van der Waals surface area contributed by atoms with E-state index in [1.54, 1.807) is 42.5 Å². The van der Waals surface area contributed by atoms with Crippen molar-refractivity contribution in [3.8, 4) is 22.6 Å². The Hall–Kier alpha value is -4.46. The molecule has 2 aromatic carbocycles. The van der Waals surface area contributed by atoms with Gasteiger partial charge in [-0.1, -0.05) is 60.7 Å². The fraction of sp³-hybridized carbons (Fsp3) is 0.0435. The lowest BCUT2D eigenvalue weighted by Gasteiger charge is -2.15. The van der Waals surface area contributed by atoms with Gasteiger partial charge in [-0.05, 0) is 17.7 Å². The number of nitrogen functional groups attached to an aromatic ring is 1. The number of aromatic amines is 1. The molecule has 2 heterocycles. The highest BCUT2D eigenvalue weighted by Crippen LogP contribution is 2.30. The van der Waals surface area contributed by atoms with E-state index >= 15 is 0 Å². The van der Waals surface area contributed by atoms with Gasteiger partial charge in [-0.3, -0.25) is 4.79 Å². The number of ether oxygens (including phenoxy) is 1. The Morgan fingerprint density at radius 3 is 2.29 bits per heavy atom. The first kappa shape index (κ1) is 19.8. The number of benzene rings is 2. The van der Waals surface area contributed by atoms with Crippen LogP contribution in [0.5, 0.6) is 0 Å². The Morgan fingerprint density at radius 1 is 0.968 bits per heavy atom. The molecule has 0 saturated carbocycles. The van der Waals surface area contributed by atoms with Crippen molar-refractivity contribution in [2.24, 2.45) is 5.73 Å². The van der Waals surface area contributed by atoms with Crippen LogP contribution in [0.25, 0.3) is 22.6 Å². The molecule has 5 N–H and O–H groups in total. The average molecular weight is 413 g/mol. The number of aromatic nitrogens is 3. The van der Waals surface area contributed by atoms with E-state index in [0.717, 1.165) is 5.56 Å². The van der Waals surface area contributed by atoms with Crippen LogP contribution in [0, 0.1) is 0 Å². The van der Waals surface area contributed by atoms with Crippen molar-refractivity contribution < 1.29 is 14.3 Å². The second kappa shape index (κ2) is 8.50. The van der Waals surface area contributed by atoms with Crippen LogP contribution in [0.1, 0.15) is 22.0 Å². The molecule has 1 amide bonds. The maximum atomic E-state index is 13.1. The molecule has 1 unspecified atom stereocenters. The van der Waals surface area contributed by atoms with Crippen molar-refractivity contribution in [2.45, 2.75) is 6.10 Å². The number of rotatable bonds is 6. The second-order valence-electron chi connectivity index (χ2n) is 6.74. The van der Waals surface area contributed by atoms with Crippen LogP contribution >= 0.6 is 0 Å². The average Bonchev–Trinajstić information content (AvgIpc) is 3.24. The summed E-state index contributed by atoms with van der Waals surface area (Å²) in [5, 5.41) is 0. The van der Waals surface area contributed by atoms with E-state index in [9.17, 15) is 9.59 Å². The number of carbonyl (C=O) groups excluding carboxylic acids is 2. The molecule has 31 heavy (non-hydrogen) atoms. The minimum Gasteiger partial charge on any atom is -0.444 e. The minimum absolute atomic E-state index is 0.107. The summed E-state index contributed by atoms with van der Waals surface area (Å²) < 4.78 is 5.53. The lowest BCUT2D eigenvalue weighted by atomic mass is 10.1. The van der Waals surface area contributed by atoms with Crippen LogP contribution in [0.3, 0.4) is 0 Å². The maximum Gasteiger partial charge on any atom is 0.341 e. The van der Waals surface area contributed by atoms with Gasteiger partial charge in [0.2, 0.25) is 12.1 Å². The van der Waals surface area contributed by atoms with E-state index in [2.05, 4.69) is 15.0 Å².